The zero-order chi connectivity index (χ0) is 7.78. The molecule has 0 N–H and O–H groups in total. The normalized spacial score (nSPS) is 30.7. The van der Waals surface area contributed by atoms with Gasteiger partial charge in [0.1, 0.15) is 0 Å². The van der Waals surface area contributed by atoms with Crippen LogP contribution in [0.5, 0.6) is 0 Å². The van der Waals surface area contributed by atoms with Gasteiger partial charge in [0.05, 0.1) is 6.54 Å². The molecule has 1 nitrogen and oxygen atoms in total. The Hall–Kier alpha value is -0.600. The average Bonchev–Trinajstić information content (AvgIpc) is 2.05. The lowest BCUT2D eigenvalue weighted by Crippen LogP contribution is -2.22. The largest absolute Gasteiger partial charge is 0.369 e. The number of hydrogen-bond acceptors (Lipinski definition) is 1. The van der Waals surface area contributed by atoms with Crippen LogP contribution in [0.15, 0.2) is 12.8 Å². The Kier molecular flexibility index (Phi) is 1.67. The molecule has 1 fully saturated rings. The number of halogens is 2. The molecule has 0 aromatic rings. The van der Waals surface area contributed by atoms with Gasteiger partial charge in [-0.3, -0.25) is 0 Å². The van der Waals surface area contributed by atoms with Crippen LogP contribution in [-0.2, 0) is 0 Å². The zero-order valence-electron chi connectivity index (χ0n) is 5.98. The van der Waals surface area contributed by atoms with E-state index in [1.807, 2.05) is 0 Å². The van der Waals surface area contributed by atoms with Crippen LogP contribution in [0.4, 0.5) is 8.78 Å². The van der Waals surface area contributed by atoms with Gasteiger partial charge in [-0.15, -0.1) is 0 Å². The van der Waals surface area contributed by atoms with Gasteiger partial charge in [-0.05, 0) is 13.1 Å². The van der Waals surface area contributed by atoms with E-state index in [0.717, 1.165) is 0 Å². The summed E-state index contributed by atoms with van der Waals surface area (Å²) in [5.41, 5.74) is 0. The molecule has 0 bridgehead atoms. The van der Waals surface area contributed by atoms with Crippen molar-refractivity contribution in [1.29, 1.82) is 0 Å². The van der Waals surface area contributed by atoms with E-state index in [9.17, 15) is 8.78 Å². The molecule has 0 amide bonds. The summed E-state index contributed by atoms with van der Waals surface area (Å²) in [6.07, 6.45) is 1.44. The van der Waals surface area contributed by atoms with Crippen molar-refractivity contribution in [2.45, 2.75) is 25.3 Å². The number of hydrogen-bond donors (Lipinski definition) is 0. The minimum absolute atomic E-state index is 0.0426. The van der Waals surface area contributed by atoms with Crippen LogP contribution in [0.1, 0.15) is 13.3 Å². The molecule has 1 saturated heterocycles. The summed E-state index contributed by atoms with van der Waals surface area (Å²) in [5.74, 6) is -2.51. The summed E-state index contributed by atoms with van der Waals surface area (Å²) in [4.78, 5) is 1.57. The molecule has 3 heteroatoms. The Bertz CT molecular complexity index is 145. The summed E-state index contributed by atoms with van der Waals surface area (Å²) < 4.78 is 25.1. The average molecular weight is 147 g/mol. The van der Waals surface area contributed by atoms with E-state index in [4.69, 9.17) is 0 Å². The van der Waals surface area contributed by atoms with E-state index in [-0.39, 0.29) is 19.0 Å². The van der Waals surface area contributed by atoms with Crippen molar-refractivity contribution in [2.24, 2.45) is 0 Å². The molecule has 0 aliphatic carbocycles. The van der Waals surface area contributed by atoms with Crippen LogP contribution in [0.25, 0.3) is 0 Å². The summed E-state index contributed by atoms with van der Waals surface area (Å²) in [6, 6.07) is -0.0625. The lowest BCUT2D eigenvalue weighted by molar-refractivity contribution is 0.0155. The Labute approximate surface area is 59.3 Å². The smallest absolute Gasteiger partial charge is 0.267 e. The van der Waals surface area contributed by atoms with Gasteiger partial charge >= 0.3 is 0 Å². The molecule has 0 aromatic heterocycles. The van der Waals surface area contributed by atoms with E-state index in [0.29, 0.717) is 0 Å². The molecule has 1 aliphatic heterocycles. The lowest BCUT2D eigenvalue weighted by Gasteiger charge is -2.16. The Morgan fingerprint density at radius 3 is 2.50 bits per heavy atom. The van der Waals surface area contributed by atoms with E-state index in [2.05, 4.69) is 6.58 Å². The first-order valence-corrected chi connectivity index (χ1v) is 3.31. The van der Waals surface area contributed by atoms with Crippen molar-refractivity contribution in [2.75, 3.05) is 6.54 Å². The van der Waals surface area contributed by atoms with Gasteiger partial charge in [-0.25, -0.2) is 8.78 Å². The van der Waals surface area contributed by atoms with Crippen molar-refractivity contribution in [3.63, 3.8) is 0 Å². The van der Waals surface area contributed by atoms with Crippen LogP contribution in [-0.4, -0.2) is 23.4 Å². The Morgan fingerprint density at radius 2 is 2.30 bits per heavy atom. The van der Waals surface area contributed by atoms with E-state index < -0.39 is 5.92 Å². The molecule has 58 valence electrons. The Morgan fingerprint density at radius 1 is 1.70 bits per heavy atom. The maximum atomic E-state index is 12.5. The van der Waals surface area contributed by atoms with Gasteiger partial charge in [0.2, 0.25) is 0 Å². The summed E-state index contributed by atoms with van der Waals surface area (Å²) in [5, 5.41) is 0. The molecule has 10 heavy (non-hydrogen) atoms. The van der Waals surface area contributed by atoms with Crippen LogP contribution in [0.2, 0.25) is 0 Å². The van der Waals surface area contributed by atoms with Crippen LogP contribution < -0.4 is 0 Å². The fourth-order valence-electron chi connectivity index (χ4n) is 1.28. The van der Waals surface area contributed by atoms with Gasteiger partial charge < -0.3 is 4.90 Å². The van der Waals surface area contributed by atoms with Crippen molar-refractivity contribution in [1.82, 2.24) is 4.90 Å². The topological polar surface area (TPSA) is 3.24 Å². The number of alkyl halides is 2. The minimum Gasteiger partial charge on any atom is -0.369 e. The minimum atomic E-state index is -2.51. The van der Waals surface area contributed by atoms with Gasteiger partial charge in [0.15, 0.2) is 0 Å². The molecule has 0 radical (unpaired) electrons. The lowest BCUT2D eigenvalue weighted by atomic mass is 10.2. The maximum Gasteiger partial charge on any atom is 0.267 e. The highest BCUT2D eigenvalue weighted by Gasteiger charge is 2.41. The van der Waals surface area contributed by atoms with Crippen LogP contribution >= 0.6 is 0 Å². The van der Waals surface area contributed by atoms with Crippen molar-refractivity contribution in [3.05, 3.63) is 12.8 Å². The van der Waals surface area contributed by atoms with Gasteiger partial charge in [0.25, 0.3) is 5.92 Å². The second-order valence-electron chi connectivity index (χ2n) is 2.76. The summed E-state index contributed by atoms with van der Waals surface area (Å²) in [6.45, 7) is 5.06. The standard InChI is InChI=1S/C7H11F2N/c1-3-10-5-7(8,9)4-6(10)2/h3,6H,1,4-5H2,2H3/t6-/m1/s1. The fourth-order valence-corrected chi connectivity index (χ4v) is 1.28. The molecule has 0 aromatic carbocycles. The van der Waals surface area contributed by atoms with E-state index in [1.54, 1.807) is 11.8 Å². The Balaban J connectivity index is 2.60. The number of nitrogens with zero attached hydrogens (tertiary/aromatic N) is 1. The zero-order valence-corrected chi connectivity index (χ0v) is 5.98. The van der Waals surface area contributed by atoms with Crippen molar-refractivity contribution < 1.29 is 8.78 Å². The van der Waals surface area contributed by atoms with Gasteiger partial charge in [-0.1, -0.05) is 6.58 Å². The van der Waals surface area contributed by atoms with Gasteiger partial charge in [0, 0.05) is 12.5 Å². The van der Waals surface area contributed by atoms with Crippen LogP contribution in [0.3, 0.4) is 0 Å². The van der Waals surface area contributed by atoms with E-state index >= 15 is 0 Å². The summed E-state index contributed by atoms with van der Waals surface area (Å²) in [7, 11) is 0. The third kappa shape index (κ3) is 1.28. The number of rotatable bonds is 1. The first kappa shape index (κ1) is 7.51. The second kappa shape index (κ2) is 2.22. The third-order valence-electron chi connectivity index (χ3n) is 1.81. The molecular formula is C7H11F2N. The molecule has 1 atom stereocenters. The molecule has 0 saturated carbocycles. The molecule has 1 heterocycles. The monoisotopic (exact) mass is 147 g/mol. The first-order valence-electron chi connectivity index (χ1n) is 3.31. The molecule has 1 rings (SSSR count). The quantitative estimate of drug-likeness (QED) is 0.547. The molecular weight excluding hydrogens is 136 g/mol. The summed E-state index contributed by atoms with van der Waals surface area (Å²) >= 11 is 0. The molecule has 0 unspecified atom stereocenters. The molecule has 1 aliphatic rings. The van der Waals surface area contributed by atoms with Crippen molar-refractivity contribution >= 4 is 0 Å². The third-order valence-corrected chi connectivity index (χ3v) is 1.81. The first-order chi connectivity index (χ1) is 4.55. The fraction of sp³-hybridized carbons (Fsp3) is 0.714. The van der Waals surface area contributed by atoms with Gasteiger partial charge in [-0.2, -0.15) is 0 Å². The van der Waals surface area contributed by atoms with E-state index in [1.165, 1.54) is 6.20 Å². The second-order valence-corrected chi connectivity index (χ2v) is 2.76. The SMILES string of the molecule is C=CN1CC(F)(F)C[C@H]1C. The highest BCUT2D eigenvalue weighted by molar-refractivity contribution is 4.92. The van der Waals surface area contributed by atoms with Crippen molar-refractivity contribution in [3.8, 4) is 0 Å². The number of likely N-dealkylation sites (tertiary alicyclic amines) is 1. The highest BCUT2D eigenvalue weighted by Crippen LogP contribution is 2.31. The maximum absolute atomic E-state index is 12.5. The van der Waals surface area contributed by atoms with Crippen LogP contribution in [0, 0.1) is 0 Å². The predicted molar refractivity (Wildman–Crippen MR) is 35.9 cm³/mol. The molecule has 0 spiro atoms. The predicted octanol–water partition coefficient (Wildman–Crippen LogP) is 1.86. The highest BCUT2D eigenvalue weighted by atomic mass is 19.3.